The van der Waals surface area contributed by atoms with Crippen LogP contribution < -0.4 is 5.73 Å². The lowest BCUT2D eigenvalue weighted by atomic mass is 9.91. The number of nitrogens with two attached hydrogens (primary N) is 1. The average molecular weight is 359 g/mol. The minimum atomic E-state index is 0.332. The Morgan fingerprint density at radius 2 is 2.11 bits per heavy atom. The molecule has 5 heteroatoms. The minimum Gasteiger partial charge on any atom is -0.320 e. The van der Waals surface area contributed by atoms with Gasteiger partial charge in [0.25, 0.3) is 0 Å². The molecule has 0 aliphatic heterocycles. The maximum Gasteiger partial charge on any atom is 0.124 e. The van der Waals surface area contributed by atoms with Gasteiger partial charge in [-0.15, -0.1) is 0 Å². The molecule has 138 valence electrons. The van der Waals surface area contributed by atoms with Crippen LogP contribution in [0.3, 0.4) is 0 Å². The number of rotatable bonds is 4. The zero-order valence-corrected chi connectivity index (χ0v) is 15.7. The number of fused-ring (bicyclic) bond motifs is 2. The minimum absolute atomic E-state index is 0.332. The molecule has 2 N–H and O–H groups in total. The van der Waals surface area contributed by atoms with Crippen LogP contribution in [-0.4, -0.2) is 33.0 Å². The summed E-state index contributed by atoms with van der Waals surface area (Å²) in [4.78, 5) is 11.9. The van der Waals surface area contributed by atoms with Gasteiger partial charge in [0.1, 0.15) is 5.82 Å². The van der Waals surface area contributed by atoms with E-state index < -0.39 is 0 Å². The van der Waals surface area contributed by atoms with Gasteiger partial charge in [-0.25, -0.2) is 4.98 Å². The van der Waals surface area contributed by atoms with Crippen molar-refractivity contribution >= 4 is 11.0 Å². The lowest BCUT2D eigenvalue weighted by molar-refractivity contribution is 0.202. The summed E-state index contributed by atoms with van der Waals surface area (Å²) >= 11 is 0. The van der Waals surface area contributed by atoms with Crippen molar-refractivity contribution < 1.29 is 0 Å². The van der Waals surface area contributed by atoms with Gasteiger partial charge in [-0.3, -0.25) is 9.88 Å². The van der Waals surface area contributed by atoms with Crippen LogP contribution in [0, 0.1) is 11.8 Å². The van der Waals surface area contributed by atoms with E-state index in [0.29, 0.717) is 19.1 Å². The fraction of sp³-hybridized carbons (Fsp3) is 0.364. The van der Waals surface area contributed by atoms with Gasteiger partial charge in [-0.2, -0.15) is 0 Å². The van der Waals surface area contributed by atoms with Crippen molar-refractivity contribution in [2.24, 2.45) is 5.73 Å². The number of aryl methyl sites for hydroxylation is 1. The molecule has 0 radical (unpaired) electrons. The summed E-state index contributed by atoms with van der Waals surface area (Å²) < 4.78 is 2.21. The second-order valence-corrected chi connectivity index (χ2v) is 7.03. The fourth-order valence-electron chi connectivity index (χ4n) is 3.98. The standard InChI is InChI=1S/C22H25N5/c1-26(20-12-6-8-17-9-7-14-24-22(17)20)16-21-25-18-10-2-3-11-19(18)27(21)15-5-4-13-23/h2-3,7,9-11,14,20H,6,8,12-13,15-16,23H2,1H3. The number of hydrogen-bond donors (Lipinski definition) is 1. The second-order valence-electron chi connectivity index (χ2n) is 7.03. The molecule has 1 aliphatic carbocycles. The number of imidazole rings is 1. The summed E-state index contributed by atoms with van der Waals surface area (Å²) in [5, 5.41) is 0. The Labute approximate surface area is 160 Å². The number of aromatic nitrogens is 3. The van der Waals surface area contributed by atoms with Gasteiger partial charge >= 0.3 is 0 Å². The Balaban J connectivity index is 1.64. The van der Waals surface area contributed by atoms with Gasteiger partial charge in [0.2, 0.25) is 0 Å². The highest BCUT2D eigenvalue weighted by atomic mass is 15.2. The van der Waals surface area contributed by atoms with E-state index in [4.69, 9.17) is 10.7 Å². The molecule has 27 heavy (non-hydrogen) atoms. The third-order valence-corrected chi connectivity index (χ3v) is 5.29. The van der Waals surface area contributed by atoms with Crippen molar-refractivity contribution in [2.45, 2.75) is 38.4 Å². The normalized spacial score (nSPS) is 16.2. The molecule has 1 aromatic carbocycles. The zero-order chi connectivity index (χ0) is 18.6. The van der Waals surface area contributed by atoms with E-state index in [9.17, 15) is 0 Å². The summed E-state index contributed by atoms with van der Waals surface area (Å²) in [7, 11) is 2.17. The molecule has 4 rings (SSSR count). The largest absolute Gasteiger partial charge is 0.320 e. The van der Waals surface area contributed by atoms with E-state index in [2.05, 4.69) is 51.5 Å². The summed E-state index contributed by atoms with van der Waals surface area (Å²) in [6.07, 6.45) is 5.36. The van der Waals surface area contributed by atoms with Crippen molar-refractivity contribution in [1.29, 1.82) is 0 Å². The van der Waals surface area contributed by atoms with Crippen LogP contribution in [0.4, 0.5) is 0 Å². The number of pyridine rings is 1. The molecule has 0 bridgehead atoms. The first-order valence-electron chi connectivity index (χ1n) is 9.52. The van der Waals surface area contributed by atoms with Gasteiger partial charge in [-0.05, 0) is 50.1 Å². The first-order valence-corrected chi connectivity index (χ1v) is 9.52. The highest BCUT2D eigenvalue weighted by molar-refractivity contribution is 5.76. The first-order chi connectivity index (χ1) is 13.3. The van der Waals surface area contributed by atoms with E-state index in [1.165, 1.54) is 17.7 Å². The van der Waals surface area contributed by atoms with Crippen LogP contribution in [0.2, 0.25) is 0 Å². The molecule has 1 unspecified atom stereocenters. The van der Waals surface area contributed by atoms with Crippen LogP contribution in [0.25, 0.3) is 11.0 Å². The average Bonchev–Trinajstić information content (AvgIpc) is 3.05. The summed E-state index contributed by atoms with van der Waals surface area (Å²) in [6.45, 7) is 1.76. The molecule has 1 aliphatic rings. The number of para-hydroxylation sites is 2. The Morgan fingerprint density at radius 3 is 3.00 bits per heavy atom. The van der Waals surface area contributed by atoms with Crippen molar-refractivity contribution in [3.63, 3.8) is 0 Å². The van der Waals surface area contributed by atoms with Crippen molar-refractivity contribution in [3.8, 4) is 11.8 Å². The molecule has 0 saturated carbocycles. The highest BCUT2D eigenvalue weighted by Gasteiger charge is 2.26. The maximum atomic E-state index is 5.53. The molecule has 2 heterocycles. The van der Waals surface area contributed by atoms with E-state index in [0.717, 1.165) is 36.2 Å². The van der Waals surface area contributed by atoms with Crippen molar-refractivity contribution in [1.82, 2.24) is 19.4 Å². The molecule has 5 nitrogen and oxygen atoms in total. The number of hydrogen-bond acceptors (Lipinski definition) is 4. The first kappa shape index (κ1) is 17.7. The molecule has 0 spiro atoms. The van der Waals surface area contributed by atoms with Crippen molar-refractivity contribution in [2.75, 3.05) is 13.6 Å². The predicted octanol–water partition coefficient (Wildman–Crippen LogP) is 2.90. The van der Waals surface area contributed by atoms with Crippen LogP contribution in [0.5, 0.6) is 0 Å². The van der Waals surface area contributed by atoms with E-state index in [1.807, 2.05) is 24.4 Å². The Morgan fingerprint density at radius 1 is 1.22 bits per heavy atom. The second kappa shape index (κ2) is 7.91. The summed E-state index contributed by atoms with van der Waals surface area (Å²) in [5.74, 6) is 7.15. The quantitative estimate of drug-likeness (QED) is 0.728. The topological polar surface area (TPSA) is 60.0 Å². The van der Waals surface area contributed by atoms with Gasteiger partial charge in [0.05, 0.1) is 42.4 Å². The van der Waals surface area contributed by atoms with E-state index in [-0.39, 0.29) is 0 Å². The molecule has 0 saturated heterocycles. The number of benzene rings is 1. The van der Waals surface area contributed by atoms with Crippen LogP contribution in [0.15, 0.2) is 42.6 Å². The van der Waals surface area contributed by atoms with Crippen LogP contribution >= 0.6 is 0 Å². The lowest BCUT2D eigenvalue weighted by Crippen LogP contribution is -2.29. The highest BCUT2D eigenvalue weighted by Crippen LogP contribution is 2.32. The monoisotopic (exact) mass is 359 g/mol. The smallest absolute Gasteiger partial charge is 0.124 e. The molecular formula is C22H25N5. The zero-order valence-electron chi connectivity index (χ0n) is 15.7. The SMILES string of the molecule is CN(Cc1nc2ccccc2n1CC#CCN)C1CCCc2cccnc21. The molecule has 1 atom stereocenters. The van der Waals surface area contributed by atoms with Gasteiger partial charge in [0, 0.05) is 6.20 Å². The third kappa shape index (κ3) is 3.59. The van der Waals surface area contributed by atoms with E-state index in [1.54, 1.807) is 0 Å². The predicted molar refractivity (Wildman–Crippen MR) is 108 cm³/mol. The summed E-state index contributed by atoms with van der Waals surface area (Å²) in [5.41, 5.74) is 10.3. The van der Waals surface area contributed by atoms with Gasteiger partial charge in [-0.1, -0.05) is 30.0 Å². The third-order valence-electron chi connectivity index (χ3n) is 5.29. The number of nitrogens with zero attached hydrogens (tertiary/aromatic N) is 4. The Kier molecular flexibility index (Phi) is 5.19. The van der Waals surface area contributed by atoms with Crippen LogP contribution in [-0.2, 0) is 19.5 Å². The molecular weight excluding hydrogens is 334 g/mol. The lowest BCUT2D eigenvalue weighted by Gasteiger charge is -2.32. The van der Waals surface area contributed by atoms with Crippen molar-refractivity contribution in [3.05, 3.63) is 59.7 Å². The van der Waals surface area contributed by atoms with E-state index >= 15 is 0 Å². The molecule has 3 aromatic rings. The van der Waals surface area contributed by atoms with Gasteiger partial charge < -0.3 is 10.3 Å². The Bertz CT molecular complexity index is 995. The van der Waals surface area contributed by atoms with Crippen LogP contribution in [0.1, 0.15) is 36.0 Å². The fourth-order valence-corrected chi connectivity index (χ4v) is 3.98. The Hall–Kier alpha value is -2.68. The molecule has 0 fully saturated rings. The molecule has 2 aromatic heterocycles. The summed E-state index contributed by atoms with van der Waals surface area (Å²) in [6, 6.07) is 12.8. The molecule has 0 amide bonds. The maximum absolute atomic E-state index is 5.53. The van der Waals surface area contributed by atoms with Gasteiger partial charge in [0.15, 0.2) is 0 Å².